The molecule has 0 aliphatic carbocycles. The van der Waals surface area contributed by atoms with Gasteiger partial charge >= 0.3 is 5.63 Å². The smallest absolute Gasteiger partial charge is 0.349 e. The van der Waals surface area contributed by atoms with Crippen molar-refractivity contribution in [1.82, 2.24) is 10.2 Å². The molecule has 104 valence electrons. The van der Waals surface area contributed by atoms with Gasteiger partial charge in [-0.15, -0.1) is 0 Å². The van der Waals surface area contributed by atoms with Crippen molar-refractivity contribution < 1.29 is 9.21 Å². The Morgan fingerprint density at radius 2 is 2.20 bits per heavy atom. The second-order valence-corrected chi connectivity index (χ2v) is 5.09. The Labute approximate surface area is 116 Å². The highest BCUT2D eigenvalue weighted by Gasteiger charge is 2.24. The summed E-state index contributed by atoms with van der Waals surface area (Å²) in [5.41, 5.74) is 0.0421. The number of nitrogens with one attached hydrogen (secondary N) is 1. The zero-order valence-electron chi connectivity index (χ0n) is 11.3. The third-order valence-electron chi connectivity index (χ3n) is 3.53. The van der Waals surface area contributed by atoms with Crippen molar-refractivity contribution in [1.29, 1.82) is 0 Å². The maximum Gasteiger partial charge on any atom is 0.349 e. The second kappa shape index (κ2) is 5.09. The van der Waals surface area contributed by atoms with Gasteiger partial charge in [-0.25, -0.2) is 4.79 Å². The first-order chi connectivity index (χ1) is 9.65. The molecule has 0 radical (unpaired) electrons. The van der Waals surface area contributed by atoms with E-state index in [0.717, 1.165) is 11.9 Å². The molecule has 1 N–H and O–H groups in total. The Morgan fingerprint density at radius 3 is 3.00 bits per heavy atom. The van der Waals surface area contributed by atoms with Crippen LogP contribution in [-0.2, 0) is 0 Å². The van der Waals surface area contributed by atoms with Gasteiger partial charge in [-0.05, 0) is 19.1 Å². The van der Waals surface area contributed by atoms with Crippen LogP contribution in [0, 0.1) is 0 Å². The summed E-state index contributed by atoms with van der Waals surface area (Å²) in [6, 6.07) is 9.05. The van der Waals surface area contributed by atoms with Gasteiger partial charge in [-0.3, -0.25) is 4.79 Å². The van der Waals surface area contributed by atoms with Crippen LogP contribution in [0.1, 0.15) is 17.3 Å². The van der Waals surface area contributed by atoms with Crippen LogP contribution in [0.15, 0.2) is 39.5 Å². The third kappa shape index (κ3) is 2.32. The molecule has 1 saturated heterocycles. The molecule has 5 nitrogen and oxygen atoms in total. The first-order valence-corrected chi connectivity index (χ1v) is 6.71. The van der Waals surface area contributed by atoms with Crippen molar-refractivity contribution in [2.75, 3.05) is 19.6 Å². The van der Waals surface area contributed by atoms with Crippen LogP contribution in [0.4, 0.5) is 0 Å². The van der Waals surface area contributed by atoms with Gasteiger partial charge in [0, 0.05) is 31.1 Å². The predicted octanol–water partition coefficient (Wildman–Crippen LogP) is 1.23. The summed E-state index contributed by atoms with van der Waals surface area (Å²) in [5, 5.41) is 4.03. The number of fused-ring (bicyclic) bond motifs is 1. The fourth-order valence-corrected chi connectivity index (χ4v) is 2.50. The van der Waals surface area contributed by atoms with Crippen LogP contribution in [0.2, 0.25) is 0 Å². The third-order valence-corrected chi connectivity index (χ3v) is 3.53. The minimum Gasteiger partial charge on any atom is -0.422 e. The molecule has 2 heterocycles. The summed E-state index contributed by atoms with van der Waals surface area (Å²) in [6.07, 6.45) is 0. The van der Waals surface area contributed by atoms with Crippen molar-refractivity contribution in [3.8, 4) is 0 Å². The normalized spacial score (nSPS) is 19.2. The summed E-state index contributed by atoms with van der Waals surface area (Å²) >= 11 is 0. The van der Waals surface area contributed by atoms with Crippen LogP contribution in [-0.4, -0.2) is 36.5 Å². The molecule has 1 aromatic carbocycles. The number of amides is 1. The average molecular weight is 272 g/mol. The molecule has 20 heavy (non-hydrogen) atoms. The van der Waals surface area contributed by atoms with E-state index in [1.165, 1.54) is 0 Å². The minimum atomic E-state index is -0.570. The topological polar surface area (TPSA) is 62.6 Å². The molecule has 1 amide bonds. The van der Waals surface area contributed by atoms with E-state index in [0.29, 0.717) is 18.7 Å². The molecule has 1 aromatic heterocycles. The minimum absolute atomic E-state index is 0.109. The van der Waals surface area contributed by atoms with Crippen LogP contribution >= 0.6 is 0 Å². The lowest BCUT2D eigenvalue weighted by Gasteiger charge is -2.31. The quantitative estimate of drug-likeness (QED) is 0.793. The van der Waals surface area contributed by atoms with Gasteiger partial charge in [0.25, 0.3) is 5.91 Å². The monoisotopic (exact) mass is 272 g/mol. The Hall–Kier alpha value is -2.14. The molecule has 0 spiro atoms. The lowest BCUT2D eigenvalue weighted by atomic mass is 10.1. The lowest BCUT2D eigenvalue weighted by molar-refractivity contribution is 0.0705. The van der Waals surface area contributed by atoms with Gasteiger partial charge in [0.1, 0.15) is 11.1 Å². The molecule has 3 rings (SSSR count). The highest BCUT2D eigenvalue weighted by Crippen LogP contribution is 2.14. The van der Waals surface area contributed by atoms with Crippen molar-refractivity contribution in [3.05, 3.63) is 46.3 Å². The van der Waals surface area contributed by atoms with Crippen LogP contribution in [0.5, 0.6) is 0 Å². The average Bonchev–Trinajstić information content (AvgIpc) is 2.46. The van der Waals surface area contributed by atoms with E-state index >= 15 is 0 Å². The molecular formula is C15H16N2O3. The van der Waals surface area contributed by atoms with E-state index in [1.807, 2.05) is 19.1 Å². The lowest BCUT2D eigenvalue weighted by Crippen LogP contribution is -2.51. The summed E-state index contributed by atoms with van der Waals surface area (Å²) in [7, 11) is 0. The molecule has 1 aliphatic heterocycles. The van der Waals surface area contributed by atoms with Gasteiger partial charge in [-0.2, -0.15) is 0 Å². The Balaban J connectivity index is 1.98. The summed E-state index contributed by atoms with van der Waals surface area (Å²) in [4.78, 5) is 26.1. The highest BCUT2D eigenvalue weighted by atomic mass is 16.4. The summed E-state index contributed by atoms with van der Waals surface area (Å²) in [6.45, 7) is 3.97. The number of para-hydroxylation sites is 1. The molecular weight excluding hydrogens is 256 g/mol. The number of rotatable bonds is 1. The van der Waals surface area contributed by atoms with Crippen molar-refractivity contribution in [2.24, 2.45) is 0 Å². The van der Waals surface area contributed by atoms with Crippen LogP contribution in [0.25, 0.3) is 11.0 Å². The molecule has 1 unspecified atom stereocenters. The maximum atomic E-state index is 12.4. The number of carbonyl (C=O) groups is 1. The molecule has 1 aliphatic rings. The van der Waals surface area contributed by atoms with Gasteiger partial charge in [0.2, 0.25) is 0 Å². The highest BCUT2D eigenvalue weighted by molar-refractivity contribution is 5.96. The van der Waals surface area contributed by atoms with Gasteiger partial charge < -0.3 is 14.6 Å². The standard InChI is InChI=1S/C15H16N2O3/c1-10-9-17(7-6-16-10)14(18)12-8-11-4-2-3-5-13(11)20-15(12)19/h2-5,8,10,16H,6-7,9H2,1H3. The predicted molar refractivity (Wildman–Crippen MR) is 75.9 cm³/mol. The van der Waals surface area contributed by atoms with Gasteiger partial charge in [0.15, 0.2) is 0 Å². The fraction of sp³-hybridized carbons (Fsp3) is 0.333. The SMILES string of the molecule is CC1CN(C(=O)c2cc3ccccc3oc2=O)CCN1. The molecule has 0 bridgehead atoms. The first-order valence-electron chi connectivity index (χ1n) is 6.71. The first kappa shape index (κ1) is 12.9. The van der Waals surface area contributed by atoms with E-state index in [-0.39, 0.29) is 17.5 Å². The Kier molecular flexibility index (Phi) is 3.28. The van der Waals surface area contributed by atoms with E-state index in [2.05, 4.69) is 5.32 Å². The number of carbonyl (C=O) groups excluding carboxylic acids is 1. The molecule has 1 fully saturated rings. The van der Waals surface area contributed by atoms with Crippen molar-refractivity contribution >= 4 is 16.9 Å². The summed E-state index contributed by atoms with van der Waals surface area (Å²) < 4.78 is 5.21. The Morgan fingerprint density at radius 1 is 1.40 bits per heavy atom. The number of nitrogens with zero attached hydrogens (tertiary/aromatic N) is 1. The Bertz CT molecular complexity index is 708. The second-order valence-electron chi connectivity index (χ2n) is 5.09. The number of hydrogen-bond donors (Lipinski definition) is 1. The number of benzene rings is 1. The number of hydrogen-bond acceptors (Lipinski definition) is 4. The molecule has 0 saturated carbocycles. The van der Waals surface area contributed by atoms with Crippen molar-refractivity contribution in [2.45, 2.75) is 13.0 Å². The molecule has 1 atom stereocenters. The zero-order chi connectivity index (χ0) is 14.1. The molecule has 5 heteroatoms. The van der Waals surface area contributed by atoms with Gasteiger partial charge in [-0.1, -0.05) is 18.2 Å². The number of piperazine rings is 1. The zero-order valence-corrected chi connectivity index (χ0v) is 11.3. The largest absolute Gasteiger partial charge is 0.422 e. The van der Waals surface area contributed by atoms with Crippen LogP contribution < -0.4 is 10.9 Å². The van der Waals surface area contributed by atoms with E-state index in [1.54, 1.807) is 23.1 Å². The van der Waals surface area contributed by atoms with E-state index < -0.39 is 5.63 Å². The van der Waals surface area contributed by atoms with E-state index in [4.69, 9.17) is 4.42 Å². The molecule has 2 aromatic rings. The van der Waals surface area contributed by atoms with E-state index in [9.17, 15) is 9.59 Å². The van der Waals surface area contributed by atoms with Crippen molar-refractivity contribution in [3.63, 3.8) is 0 Å². The van der Waals surface area contributed by atoms with Crippen LogP contribution in [0.3, 0.4) is 0 Å². The maximum absolute atomic E-state index is 12.4. The van der Waals surface area contributed by atoms with Gasteiger partial charge in [0.05, 0.1) is 0 Å². The summed E-state index contributed by atoms with van der Waals surface area (Å²) in [5.74, 6) is -0.252. The fourth-order valence-electron chi connectivity index (χ4n) is 2.50.